The standard InChI is InChI=1S/C16H16BrN3O/c1-10(2)13-5-4-12(8-11(13)3)21-16-15-18-6-7-20(15)9-14(17)19-16/h4-10H,1-3H3. The zero-order valence-electron chi connectivity index (χ0n) is 12.2. The maximum atomic E-state index is 5.92. The highest BCUT2D eigenvalue weighted by Gasteiger charge is 2.10. The third kappa shape index (κ3) is 2.78. The summed E-state index contributed by atoms with van der Waals surface area (Å²) < 4.78 is 8.51. The molecular formula is C16H16BrN3O. The van der Waals surface area contributed by atoms with Gasteiger partial charge in [-0.05, 0) is 52.0 Å². The van der Waals surface area contributed by atoms with Gasteiger partial charge in [0.1, 0.15) is 10.4 Å². The van der Waals surface area contributed by atoms with Crippen LogP contribution in [0.5, 0.6) is 11.6 Å². The van der Waals surface area contributed by atoms with Crippen LogP contribution in [0.15, 0.2) is 41.4 Å². The van der Waals surface area contributed by atoms with Crippen molar-refractivity contribution in [2.24, 2.45) is 0 Å². The van der Waals surface area contributed by atoms with Crippen LogP contribution in [-0.4, -0.2) is 14.4 Å². The van der Waals surface area contributed by atoms with Crippen molar-refractivity contribution in [2.75, 3.05) is 0 Å². The second kappa shape index (κ2) is 5.48. The molecule has 4 nitrogen and oxygen atoms in total. The van der Waals surface area contributed by atoms with Crippen LogP contribution in [0.1, 0.15) is 30.9 Å². The number of hydrogen-bond acceptors (Lipinski definition) is 3. The number of nitrogens with zero attached hydrogens (tertiary/aromatic N) is 3. The van der Waals surface area contributed by atoms with Crippen LogP contribution in [0.4, 0.5) is 0 Å². The molecule has 2 heterocycles. The Labute approximate surface area is 131 Å². The van der Waals surface area contributed by atoms with E-state index in [4.69, 9.17) is 4.74 Å². The summed E-state index contributed by atoms with van der Waals surface area (Å²) in [6, 6.07) is 6.12. The molecule has 0 atom stereocenters. The third-order valence-corrected chi connectivity index (χ3v) is 3.77. The fraction of sp³-hybridized carbons (Fsp3) is 0.250. The summed E-state index contributed by atoms with van der Waals surface area (Å²) in [5.41, 5.74) is 3.25. The van der Waals surface area contributed by atoms with Crippen molar-refractivity contribution in [2.45, 2.75) is 26.7 Å². The molecule has 108 valence electrons. The van der Waals surface area contributed by atoms with Crippen LogP contribution in [0.2, 0.25) is 0 Å². The van der Waals surface area contributed by atoms with Gasteiger partial charge in [-0.15, -0.1) is 0 Å². The zero-order valence-corrected chi connectivity index (χ0v) is 13.8. The molecule has 0 bridgehead atoms. The summed E-state index contributed by atoms with van der Waals surface area (Å²) in [5.74, 6) is 1.76. The average molecular weight is 346 g/mol. The highest BCUT2D eigenvalue weighted by atomic mass is 79.9. The maximum Gasteiger partial charge on any atom is 0.264 e. The number of hydrogen-bond donors (Lipinski definition) is 0. The second-order valence-electron chi connectivity index (χ2n) is 5.30. The van der Waals surface area contributed by atoms with Crippen molar-refractivity contribution in [3.8, 4) is 11.6 Å². The van der Waals surface area contributed by atoms with Gasteiger partial charge in [0.05, 0.1) is 0 Å². The van der Waals surface area contributed by atoms with E-state index < -0.39 is 0 Å². The smallest absolute Gasteiger partial charge is 0.264 e. The predicted molar refractivity (Wildman–Crippen MR) is 86.0 cm³/mol. The number of ether oxygens (including phenoxy) is 1. The lowest BCUT2D eigenvalue weighted by Gasteiger charge is -2.12. The number of rotatable bonds is 3. The molecule has 1 aromatic carbocycles. The molecule has 0 aliphatic heterocycles. The number of imidazole rings is 1. The quantitative estimate of drug-likeness (QED) is 0.689. The molecule has 5 heteroatoms. The lowest BCUT2D eigenvalue weighted by atomic mass is 9.98. The maximum absolute atomic E-state index is 5.92. The van der Waals surface area contributed by atoms with Crippen LogP contribution >= 0.6 is 15.9 Å². The first-order valence-electron chi connectivity index (χ1n) is 6.82. The number of benzene rings is 1. The van der Waals surface area contributed by atoms with Gasteiger partial charge in [-0.3, -0.25) is 4.40 Å². The van der Waals surface area contributed by atoms with Crippen LogP contribution in [0.25, 0.3) is 5.65 Å². The SMILES string of the molecule is Cc1cc(Oc2nc(Br)cn3ccnc23)ccc1C(C)C. The van der Waals surface area contributed by atoms with Crippen molar-refractivity contribution in [3.05, 3.63) is 52.5 Å². The van der Waals surface area contributed by atoms with Gasteiger partial charge in [0.25, 0.3) is 5.88 Å². The van der Waals surface area contributed by atoms with E-state index in [1.807, 2.05) is 28.9 Å². The molecule has 0 saturated heterocycles. The van der Waals surface area contributed by atoms with Crippen molar-refractivity contribution in [1.29, 1.82) is 0 Å². The van der Waals surface area contributed by atoms with Crippen molar-refractivity contribution in [1.82, 2.24) is 14.4 Å². The van der Waals surface area contributed by atoms with Crippen molar-refractivity contribution < 1.29 is 4.74 Å². The first-order valence-corrected chi connectivity index (χ1v) is 7.61. The minimum Gasteiger partial charge on any atom is -0.436 e. The zero-order chi connectivity index (χ0) is 15.0. The van der Waals surface area contributed by atoms with E-state index in [1.165, 1.54) is 11.1 Å². The Hall–Kier alpha value is -1.88. The topological polar surface area (TPSA) is 39.4 Å². The number of halogens is 1. The molecule has 0 aliphatic carbocycles. The molecule has 2 aromatic heterocycles. The van der Waals surface area contributed by atoms with Crippen molar-refractivity contribution >= 4 is 21.6 Å². The molecule has 0 radical (unpaired) electrons. The fourth-order valence-corrected chi connectivity index (χ4v) is 2.79. The molecule has 0 fully saturated rings. The summed E-state index contributed by atoms with van der Waals surface area (Å²) >= 11 is 3.39. The molecule has 3 aromatic rings. The molecule has 0 N–H and O–H groups in total. The monoisotopic (exact) mass is 345 g/mol. The van der Waals surface area contributed by atoms with Gasteiger partial charge >= 0.3 is 0 Å². The van der Waals surface area contributed by atoms with Crippen LogP contribution in [0, 0.1) is 6.92 Å². The Balaban J connectivity index is 1.99. The Morgan fingerprint density at radius 1 is 1.29 bits per heavy atom. The summed E-state index contributed by atoms with van der Waals surface area (Å²) in [5, 5.41) is 0. The molecule has 0 amide bonds. The first kappa shape index (κ1) is 14.1. The normalized spacial score (nSPS) is 11.3. The first-order chi connectivity index (χ1) is 10.0. The van der Waals surface area contributed by atoms with E-state index in [1.54, 1.807) is 6.20 Å². The molecule has 0 aliphatic rings. The molecule has 3 rings (SSSR count). The van der Waals surface area contributed by atoms with Crippen LogP contribution in [0.3, 0.4) is 0 Å². The van der Waals surface area contributed by atoms with Gasteiger partial charge in [-0.2, -0.15) is 0 Å². The Kier molecular flexibility index (Phi) is 3.68. The Morgan fingerprint density at radius 3 is 2.81 bits per heavy atom. The van der Waals surface area contributed by atoms with Gasteiger partial charge in [0.2, 0.25) is 5.65 Å². The second-order valence-corrected chi connectivity index (χ2v) is 6.11. The molecule has 21 heavy (non-hydrogen) atoms. The molecule has 0 unspecified atom stereocenters. The number of fused-ring (bicyclic) bond motifs is 1. The van der Waals surface area contributed by atoms with E-state index in [9.17, 15) is 0 Å². The van der Waals surface area contributed by atoms with E-state index in [-0.39, 0.29) is 0 Å². The van der Waals surface area contributed by atoms with E-state index >= 15 is 0 Å². The summed E-state index contributed by atoms with van der Waals surface area (Å²) in [7, 11) is 0. The predicted octanol–water partition coefficient (Wildman–Crippen LogP) is 4.72. The van der Waals surface area contributed by atoms with Crippen LogP contribution < -0.4 is 4.74 Å². The Morgan fingerprint density at radius 2 is 2.10 bits per heavy atom. The minimum atomic E-state index is 0.492. The summed E-state index contributed by atoms with van der Waals surface area (Å²) in [6.45, 7) is 6.47. The Bertz CT molecular complexity index is 795. The average Bonchev–Trinajstić information content (AvgIpc) is 2.86. The van der Waals surface area contributed by atoms with E-state index in [0.29, 0.717) is 22.0 Å². The highest BCUT2D eigenvalue weighted by Crippen LogP contribution is 2.28. The highest BCUT2D eigenvalue weighted by molar-refractivity contribution is 9.10. The summed E-state index contributed by atoms with van der Waals surface area (Å²) in [4.78, 5) is 8.65. The van der Waals surface area contributed by atoms with Gasteiger partial charge < -0.3 is 4.74 Å². The van der Waals surface area contributed by atoms with Crippen LogP contribution in [-0.2, 0) is 0 Å². The van der Waals surface area contributed by atoms with Gasteiger partial charge in [0, 0.05) is 18.6 Å². The fourth-order valence-electron chi connectivity index (χ4n) is 2.41. The van der Waals surface area contributed by atoms with Gasteiger partial charge in [-0.25, -0.2) is 9.97 Å². The largest absolute Gasteiger partial charge is 0.436 e. The summed E-state index contributed by atoms with van der Waals surface area (Å²) in [6.07, 6.45) is 5.44. The lowest BCUT2D eigenvalue weighted by Crippen LogP contribution is -1.96. The molecule has 0 spiro atoms. The number of aryl methyl sites for hydroxylation is 1. The van der Waals surface area contributed by atoms with E-state index in [0.717, 1.165) is 5.75 Å². The lowest BCUT2D eigenvalue weighted by molar-refractivity contribution is 0.463. The number of aromatic nitrogens is 3. The third-order valence-electron chi connectivity index (χ3n) is 3.39. The van der Waals surface area contributed by atoms with E-state index in [2.05, 4.69) is 52.7 Å². The molecule has 0 saturated carbocycles. The van der Waals surface area contributed by atoms with Gasteiger partial charge in [0.15, 0.2) is 0 Å². The molecular weight excluding hydrogens is 330 g/mol. The van der Waals surface area contributed by atoms with Gasteiger partial charge in [-0.1, -0.05) is 19.9 Å². The minimum absolute atomic E-state index is 0.492. The van der Waals surface area contributed by atoms with Crippen molar-refractivity contribution in [3.63, 3.8) is 0 Å².